The molecule has 0 aliphatic carbocycles. The Labute approximate surface area is 184 Å². The Kier molecular flexibility index (Phi) is 8.41. The molecule has 0 aromatic heterocycles. The highest BCUT2D eigenvalue weighted by Crippen LogP contribution is 2.27. The molecule has 0 spiro atoms. The van der Waals surface area contributed by atoms with Crippen LogP contribution in [0.15, 0.2) is 53.4 Å². The van der Waals surface area contributed by atoms with Gasteiger partial charge in [-0.05, 0) is 24.1 Å². The van der Waals surface area contributed by atoms with Crippen LogP contribution in [0.25, 0.3) is 0 Å². The molecule has 1 heterocycles. The fourth-order valence-electron chi connectivity index (χ4n) is 3.12. The first-order valence-corrected chi connectivity index (χ1v) is 10.9. The van der Waals surface area contributed by atoms with Gasteiger partial charge in [0, 0.05) is 38.8 Å². The monoisotopic (exact) mass is 465 g/mol. The van der Waals surface area contributed by atoms with E-state index >= 15 is 0 Å². The Morgan fingerprint density at radius 1 is 0.969 bits per heavy atom. The van der Waals surface area contributed by atoms with Crippen molar-refractivity contribution in [3.63, 3.8) is 0 Å². The first-order valence-electron chi connectivity index (χ1n) is 9.50. The average molecular weight is 465 g/mol. The molecule has 2 aromatic carbocycles. The van der Waals surface area contributed by atoms with E-state index in [2.05, 4.69) is 24.0 Å². The fourth-order valence-corrected chi connectivity index (χ4v) is 4.70. The van der Waals surface area contributed by atoms with E-state index in [0.717, 1.165) is 6.54 Å². The van der Waals surface area contributed by atoms with Crippen molar-refractivity contribution < 1.29 is 33.1 Å². The maximum absolute atomic E-state index is 12.8. The van der Waals surface area contributed by atoms with Gasteiger partial charge in [-0.3, -0.25) is 15.0 Å². The molecule has 0 unspecified atom stereocenters. The summed E-state index contributed by atoms with van der Waals surface area (Å²) < 4.78 is 27.0. The lowest BCUT2D eigenvalue weighted by Crippen LogP contribution is -2.48. The number of sulfonamides is 1. The van der Waals surface area contributed by atoms with Gasteiger partial charge in [-0.25, -0.2) is 18.0 Å². The largest absolute Gasteiger partial charge is 0.473 e. The molecule has 1 aliphatic heterocycles. The summed E-state index contributed by atoms with van der Waals surface area (Å²) in [6.45, 7) is 4.65. The Balaban J connectivity index is 0.000000534. The van der Waals surface area contributed by atoms with Gasteiger partial charge in [0.2, 0.25) is 10.0 Å². The number of hydrogen-bond acceptors (Lipinski definition) is 7. The van der Waals surface area contributed by atoms with Gasteiger partial charge < -0.3 is 10.2 Å². The molecule has 0 saturated carbocycles. The number of carboxylic acid groups (broad SMARTS) is 2. The van der Waals surface area contributed by atoms with Crippen LogP contribution in [0.3, 0.4) is 0 Å². The number of nitro groups is 1. The van der Waals surface area contributed by atoms with Crippen LogP contribution >= 0.6 is 0 Å². The van der Waals surface area contributed by atoms with Gasteiger partial charge >= 0.3 is 11.9 Å². The number of aliphatic carboxylic acids is 2. The van der Waals surface area contributed by atoms with Crippen LogP contribution in [0, 0.1) is 17.0 Å². The van der Waals surface area contributed by atoms with Crippen LogP contribution in [0.2, 0.25) is 0 Å². The van der Waals surface area contributed by atoms with Gasteiger partial charge in [0.1, 0.15) is 0 Å². The standard InChI is InChI=1S/C18H21N3O4S.C2H2O4/c1-15-6-2-3-7-16(15)14-19-10-12-20(13-11-19)26(24,25)18-9-5-4-8-17(18)21(22)23;3-1(4)2(5)6/h2-9H,10-14H2,1H3;(H,3,4)(H,5,6). The van der Waals surface area contributed by atoms with Crippen LogP contribution in [0.4, 0.5) is 5.69 Å². The van der Waals surface area contributed by atoms with Crippen molar-refractivity contribution in [2.45, 2.75) is 18.4 Å². The number of aryl methyl sites for hydroxylation is 1. The van der Waals surface area contributed by atoms with Gasteiger partial charge in [0.25, 0.3) is 5.69 Å². The third kappa shape index (κ3) is 6.33. The highest BCUT2D eigenvalue weighted by molar-refractivity contribution is 7.89. The summed E-state index contributed by atoms with van der Waals surface area (Å²) in [6.07, 6.45) is 0. The van der Waals surface area contributed by atoms with Gasteiger partial charge in [-0.1, -0.05) is 36.4 Å². The molecule has 0 atom stereocenters. The number of nitro benzene ring substituents is 1. The molecule has 172 valence electrons. The minimum Gasteiger partial charge on any atom is -0.473 e. The molecule has 1 saturated heterocycles. The number of piperazine rings is 1. The van der Waals surface area contributed by atoms with Crippen LogP contribution in [0.5, 0.6) is 0 Å². The Morgan fingerprint density at radius 2 is 1.50 bits per heavy atom. The van der Waals surface area contributed by atoms with Crippen molar-refractivity contribution in [2.75, 3.05) is 26.2 Å². The van der Waals surface area contributed by atoms with Gasteiger partial charge in [0.15, 0.2) is 4.90 Å². The lowest BCUT2D eigenvalue weighted by molar-refractivity contribution is -0.387. The van der Waals surface area contributed by atoms with E-state index in [1.165, 1.54) is 39.7 Å². The smallest absolute Gasteiger partial charge is 0.414 e. The van der Waals surface area contributed by atoms with E-state index in [-0.39, 0.29) is 10.6 Å². The Morgan fingerprint density at radius 3 is 2.03 bits per heavy atom. The number of nitrogens with zero attached hydrogens (tertiary/aromatic N) is 3. The van der Waals surface area contributed by atoms with Crippen molar-refractivity contribution in [3.8, 4) is 0 Å². The first kappa shape index (κ1) is 24.9. The molecule has 11 nitrogen and oxygen atoms in total. The van der Waals surface area contributed by atoms with E-state index in [1.54, 1.807) is 0 Å². The van der Waals surface area contributed by atoms with Gasteiger partial charge in [-0.15, -0.1) is 0 Å². The Bertz CT molecular complexity index is 1080. The van der Waals surface area contributed by atoms with E-state index < -0.39 is 26.9 Å². The molecule has 3 rings (SSSR count). The molecular formula is C20H23N3O8S. The summed E-state index contributed by atoms with van der Waals surface area (Å²) >= 11 is 0. The second-order valence-electron chi connectivity index (χ2n) is 6.94. The highest BCUT2D eigenvalue weighted by Gasteiger charge is 2.33. The quantitative estimate of drug-likeness (QED) is 0.380. The molecular weight excluding hydrogens is 442 g/mol. The van der Waals surface area contributed by atoms with Crippen molar-refractivity contribution in [1.29, 1.82) is 0 Å². The molecule has 2 N–H and O–H groups in total. The number of hydrogen-bond donors (Lipinski definition) is 2. The maximum Gasteiger partial charge on any atom is 0.414 e. The zero-order valence-corrected chi connectivity index (χ0v) is 18.1. The van der Waals surface area contributed by atoms with Crippen LogP contribution in [-0.4, -0.2) is 70.9 Å². The first-order chi connectivity index (χ1) is 15.0. The SMILES string of the molecule is Cc1ccccc1CN1CCN(S(=O)(=O)c2ccccc2[N+](=O)[O-])CC1.O=C(O)C(=O)O. The van der Waals surface area contributed by atoms with Crippen LogP contribution < -0.4 is 0 Å². The number of rotatable bonds is 5. The summed E-state index contributed by atoms with van der Waals surface area (Å²) in [4.78, 5) is 30.7. The normalized spacial score (nSPS) is 14.8. The summed E-state index contributed by atoms with van der Waals surface area (Å²) in [6, 6.07) is 13.6. The number of carbonyl (C=O) groups is 2. The van der Waals surface area contributed by atoms with Gasteiger partial charge in [0.05, 0.1) is 4.92 Å². The van der Waals surface area contributed by atoms with E-state index in [4.69, 9.17) is 19.8 Å². The van der Waals surface area contributed by atoms with E-state index in [0.29, 0.717) is 26.2 Å². The van der Waals surface area contributed by atoms with E-state index in [9.17, 15) is 18.5 Å². The van der Waals surface area contributed by atoms with Crippen LogP contribution in [-0.2, 0) is 26.2 Å². The van der Waals surface area contributed by atoms with Crippen molar-refractivity contribution in [3.05, 3.63) is 69.8 Å². The predicted octanol–water partition coefficient (Wildman–Crippen LogP) is 1.57. The second-order valence-corrected chi connectivity index (χ2v) is 8.85. The molecule has 1 fully saturated rings. The molecule has 12 heteroatoms. The summed E-state index contributed by atoms with van der Waals surface area (Å²) in [5, 5.41) is 25.9. The number of para-hydroxylation sites is 1. The van der Waals surface area contributed by atoms with Crippen LogP contribution in [0.1, 0.15) is 11.1 Å². The van der Waals surface area contributed by atoms with Gasteiger partial charge in [-0.2, -0.15) is 4.31 Å². The molecule has 0 amide bonds. The Hall–Kier alpha value is -3.35. The van der Waals surface area contributed by atoms with Crippen molar-refractivity contribution in [2.24, 2.45) is 0 Å². The van der Waals surface area contributed by atoms with Crippen molar-refractivity contribution >= 4 is 27.6 Å². The lowest BCUT2D eigenvalue weighted by atomic mass is 10.1. The molecule has 32 heavy (non-hydrogen) atoms. The topological polar surface area (TPSA) is 158 Å². The molecule has 0 radical (unpaired) electrons. The molecule has 2 aromatic rings. The number of carboxylic acids is 2. The fraction of sp³-hybridized carbons (Fsp3) is 0.300. The zero-order chi connectivity index (χ0) is 23.9. The maximum atomic E-state index is 12.8. The predicted molar refractivity (Wildman–Crippen MR) is 114 cm³/mol. The van der Waals surface area contributed by atoms with E-state index in [1.807, 2.05) is 12.1 Å². The second kappa shape index (κ2) is 10.8. The molecule has 1 aliphatic rings. The zero-order valence-electron chi connectivity index (χ0n) is 17.2. The third-order valence-corrected chi connectivity index (χ3v) is 6.80. The number of benzene rings is 2. The summed E-state index contributed by atoms with van der Waals surface area (Å²) in [5.74, 6) is -3.65. The average Bonchev–Trinajstić information content (AvgIpc) is 2.76. The minimum absolute atomic E-state index is 0.239. The lowest BCUT2D eigenvalue weighted by Gasteiger charge is -2.34. The summed E-state index contributed by atoms with van der Waals surface area (Å²) in [5.41, 5.74) is 2.06. The highest BCUT2D eigenvalue weighted by atomic mass is 32.2. The minimum atomic E-state index is -3.88. The summed E-state index contributed by atoms with van der Waals surface area (Å²) in [7, 11) is -3.88. The molecule has 0 bridgehead atoms. The third-order valence-electron chi connectivity index (χ3n) is 4.85. The van der Waals surface area contributed by atoms with Crippen molar-refractivity contribution in [1.82, 2.24) is 9.21 Å².